The van der Waals surface area contributed by atoms with Crippen molar-refractivity contribution >= 4 is 10.9 Å². The van der Waals surface area contributed by atoms with Gasteiger partial charge < -0.3 is 9.30 Å². The van der Waals surface area contributed by atoms with Crippen molar-refractivity contribution in [3.8, 4) is 5.75 Å². The number of methoxy groups -OCH3 is 1. The van der Waals surface area contributed by atoms with Crippen molar-refractivity contribution in [3.63, 3.8) is 0 Å². The first-order chi connectivity index (χ1) is 7.26. The molecule has 0 saturated carbocycles. The smallest absolute Gasteiger partial charge is 0.277 e. The van der Waals surface area contributed by atoms with Gasteiger partial charge in [0.05, 0.1) is 13.3 Å². The molecule has 0 aliphatic heterocycles. The minimum absolute atomic E-state index is 0.0577. The Kier molecular flexibility index (Phi) is 2.41. The molecule has 2 heterocycles. The zero-order valence-corrected chi connectivity index (χ0v) is 8.73. The second-order valence-corrected chi connectivity index (χ2v) is 3.22. The molecule has 0 aliphatic rings. The first-order valence-corrected chi connectivity index (χ1v) is 4.79. The highest BCUT2D eigenvalue weighted by Crippen LogP contribution is 2.14. The van der Waals surface area contributed by atoms with Gasteiger partial charge in [-0.15, -0.1) is 0 Å². The normalized spacial score (nSPS) is 10.5. The van der Waals surface area contributed by atoms with Crippen molar-refractivity contribution < 1.29 is 4.74 Å². The fraction of sp³-hybridized carbons (Fsp3) is 0.273. The van der Waals surface area contributed by atoms with Gasteiger partial charge in [0.15, 0.2) is 0 Å². The van der Waals surface area contributed by atoms with E-state index in [0.29, 0.717) is 17.8 Å². The zero-order valence-electron chi connectivity index (χ0n) is 8.73. The molecule has 0 amide bonds. The van der Waals surface area contributed by atoms with Crippen molar-refractivity contribution in [3.05, 3.63) is 34.9 Å². The van der Waals surface area contributed by atoms with Gasteiger partial charge in [-0.1, -0.05) is 0 Å². The highest BCUT2D eigenvalue weighted by atomic mass is 16.5. The van der Waals surface area contributed by atoms with E-state index in [1.165, 1.54) is 0 Å². The Morgan fingerprint density at radius 2 is 2.33 bits per heavy atom. The molecule has 0 bridgehead atoms. The minimum Gasteiger partial charge on any atom is -0.495 e. The van der Waals surface area contributed by atoms with Crippen LogP contribution in [0.15, 0.2) is 29.3 Å². The number of hydrogen-bond donors (Lipinski definition) is 0. The predicted octanol–water partition coefficient (Wildman–Crippen LogP) is 1.43. The van der Waals surface area contributed by atoms with Crippen LogP contribution in [0.1, 0.15) is 6.92 Å². The number of ether oxygens (including phenoxy) is 1. The molecule has 78 valence electrons. The number of rotatable bonds is 2. The monoisotopic (exact) mass is 204 g/mol. The number of aromatic nitrogens is 2. The van der Waals surface area contributed by atoms with E-state index in [2.05, 4.69) is 4.98 Å². The molecule has 2 aromatic heterocycles. The van der Waals surface area contributed by atoms with Gasteiger partial charge in [-0.25, -0.2) is 4.98 Å². The number of nitrogens with zero attached hydrogens (tertiary/aromatic N) is 2. The van der Waals surface area contributed by atoms with Crippen LogP contribution in [0.3, 0.4) is 0 Å². The molecule has 0 N–H and O–H groups in total. The summed E-state index contributed by atoms with van der Waals surface area (Å²) in [6.07, 6.45) is 3.33. The molecule has 15 heavy (non-hydrogen) atoms. The second-order valence-electron chi connectivity index (χ2n) is 3.22. The third-order valence-corrected chi connectivity index (χ3v) is 2.37. The van der Waals surface area contributed by atoms with Crippen molar-refractivity contribution in [1.82, 2.24) is 9.55 Å². The Morgan fingerprint density at radius 3 is 3.00 bits per heavy atom. The van der Waals surface area contributed by atoms with Crippen LogP contribution < -0.4 is 10.3 Å². The number of aryl methyl sites for hydroxylation is 1. The van der Waals surface area contributed by atoms with Crippen LogP contribution >= 0.6 is 0 Å². The lowest BCUT2D eigenvalue weighted by molar-refractivity contribution is 0.413. The van der Waals surface area contributed by atoms with Crippen molar-refractivity contribution in [1.29, 1.82) is 0 Å². The van der Waals surface area contributed by atoms with Crippen molar-refractivity contribution in [2.75, 3.05) is 7.11 Å². The van der Waals surface area contributed by atoms with E-state index in [0.717, 1.165) is 5.39 Å². The SMILES string of the molecule is CCn1ccc2cc(OC)cnc2c1=O. The van der Waals surface area contributed by atoms with E-state index in [9.17, 15) is 4.79 Å². The minimum atomic E-state index is -0.0577. The van der Waals surface area contributed by atoms with Gasteiger partial charge in [0.25, 0.3) is 5.56 Å². The molecule has 4 nitrogen and oxygen atoms in total. The first kappa shape index (κ1) is 9.71. The molecule has 0 fully saturated rings. The van der Waals surface area contributed by atoms with Gasteiger partial charge >= 0.3 is 0 Å². The maximum Gasteiger partial charge on any atom is 0.277 e. The Balaban J connectivity index is 2.74. The summed E-state index contributed by atoms with van der Waals surface area (Å²) in [5.74, 6) is 0.663. The third-order valence-electron chi connectivity index (χ3n) is 2.37. The van der Waals surface area contributed by atoms with Gasteiger partial charge in [-0.2, -0.15) is 0 Å². The molecule has 4 heteroatoms. The molecule has 0 radical (unpaired) electrons. The molecule has 2 aromatic rings. The van der Waals surface area contributed by atoms with Crippen molar-refractivity contribution in [2.45, 2.75) is 13.5 Å². The molecule has 0 unspecified atom stereocenters. The predicted molar refractivity (Wildman–Crippen MR) is 58.2 cm³/mol. The largest absolute Gasteiger partial charge is 0.495 e. The van der Waals surface area contributed by atoms with Crippen LogP contribution in [0.5, 0.6) is 5.75 Å². The van der Waals surface area contributed by atoms with Gasteiger partial charge in [-0.3, -0.25) is 4.79 Å². The summed E-state index contributed by atoms with van der Waals surface area (Å²) < 4.78 is 6.67. The molecule has 0 saturated heterocycles. The summed E-state index contributed by atoms with van der Waals surface area (Å²) in [7, 11) is 1.58. The van der Waals surface area contributed by atoms with E-state index < -0.39 is 0 Å². The quantitative estimate of drug-likeness (QED) is 0.743. The molecular weight excluding hydrogens is 192 g/mol. The summed E-state index contributed by atoms with van der Waals surface area (Å²) in [5.41, 5.74) is 0.429. The molecule has 0 spiro atoms. The van der Waals surface area contributed by atoms with Gasteiger partial charge in [0.2, 0.25) is 0 Å². The lowest BCUT2D eigenvalue weighted by atomic mass is 10.2. The van der Waals surface area contributed by atoms with Crippen LogP contribution in [0.2, 0.25) is 0 Å². The molecule has 0 atom stereocenters. The first-order valence-electron chi connectivity index (χ1n) is 4.79. The van der Waals surface area contributed by atoms with E-state index >= 15 is 0 Å². The second kappa shape index (κ2) is 3.73. The Hall–Kier alpha value is -1.84. The summed E-state index contributed by atoms with van der Waals surface area (Å²) in [6, 6.07) is 3.68. The molecular formula is C11H12N2O2. The highest BCUT2D eigenvalue weighted by Gasteiger charge is 2.03. The average Bonchev–Trinajstić information content (AvgIpc) is 2.29. The van der Waals surface area contributed by atoms with Crippen LogP contribution in [-0.2, 0) is 6.54 Å². The van der Waals surface area contributed by atoms with E-state index in [4.69, 9.17) is 4.74 Å². The number of fused-ring (bicyclic) bond motifs is 1. The number of pyridine rings is 2. The van der Waals surface area contributed by atoms with E-state index in [1.807, 2.05) is 19.1 Å². The maximum absolute atomic E-state index is 11.8. The fourth-order valence-electron chi connectivity index (χ4n) is 1.50. The summed E-state index contributed by atoms with van der Waals surface area (Å²) >= 11 is 0. The van der Waals surface area contributed by atoms with Crippen LogP contribution in [-0.4, -0.2) is 16.7 Å². The van der Waals surface area contributed by atoms with Crippen molar-refractivity contribution in [2.24, 2.45) is 0 Å². The van der Waals surface area contributed by atoms with Crippen LogP contribution in [0.4, 0.5) is 0 Å². The van der Waals surface area contributed by atoms with Crippen LogP contribution in [0, 0.1) is 0 Å². The Labute approximate surface area is 87.1 Å². The van der Waals surface area contributed by atoms with Crippen LogP contribution in [0.25, 0.3) is 10.9 Å². The zero-order chi connectivity index (χ0) is 10.8. The lowest BCUT2D eigenvalue weighted by Crippen LogP contribution is -2.19. The summed E-state index contributed by atoms with van der Waals surface area (Å²) in [6.45, 7) is 2.58. The van der Waals surface area contributed by atoms with Gasteiger partial charge in [0.1, 0.15) is 11.3 Å². The number of hydrogen-bond acceptors (Lipinski definition) is 3. The maximum atomic E-state index is 11.8. The average molecular weight is 204 g/mol. The van der Waals surface area contributed by atoms with E-state index in [-0.39, 0.29) is 5.56 Å². The molecule has 0 aliphatic carbocycles. The van der Waals surface area contributed by atoms with Gasteiger partial charge in [0, 0.05) is 18.1 Å². The molecule has 0 aromatic carbocycles. The summed E-state index contributed by atoms with van der Waals surface area (Å²) in [4.78, 5) is 15.9. The molecule has 2 rings (SSSR count). The lowest BCUT2D eigenvalue weighted by Gasteiger charge is -2.04. The van der Waals surface area contributed by atoms with Gasteiger partial charge in [-0.05, 0) is 19.1 Å². The highest BCUT2D eigenvalue weighted by molar-refractivity contribution is 5.78. The third kappa shape index (κ3) is 1.58. The Bertz CT molecular complexity index is 546. The standard InChI is InChI=1S/C11H12N2O2/c1-3-13-5-4-8-6-9(15-2)7-12-10(8)11(13)14/h4-7H,3H2,1-2H3. The van der Waals surface area contributed by atoms with E-state index in [1.54, 1.807) is 24.1 Å². The summed E-state index contributed by atoms with van der Waals surface area (Å²) in [5, 5.41) is 0.809. The topological polar surface area (TPSA) is 44.1 Å². The fourth-order valence-corrected chi connectivity index (χ4v) is 1.50. The Morgan fingerprint density at radius 1 is 1.53 bits per heavy atom.